The topological polar surface area (TPSA) is 106 Å². The molecule has 0 aliphatic heterocycles. The quantitative estimate of drug-likeness (QED) is 0.729. The Bertz CT molecular complexity index is 913. The number of fused-ring (bicyclic) bond motifs is 1. The predicted octanol–water partition coefficient (Wildman–Crippen LogP) is 2.28. The fraction of sp³-hybridized carbons (Fsp3) is 0.333. The molecule has 0 spiro atoms. The molecule has 2 N–H and O–H groups in total. The number of nitrogens with zero attached hydrogens (tertiary/aromatic N) is 3. The average Bonchev–Trinajstić information content (AvgIpc) is 3.33. The maximum absolute atomic E-state index is 12.4. The van der Waals surface area contributed by atoms with Gasteiger partial charge in [0.15, 0.2) is 5.69 Å². The second-order valence-corrected chi connectivity index (χ2v) is 6.16. The summed E-state index contributed by atoms with van der Waals surface area (Å²) in [5.41, 5.74) is 3.38. The van der Waals surface area contributed by atoms with Crippen LogP contribution in [0.25, 0.3) is 11.4 Å². The van der Waals surface area contributed by atoms with Gasteiger partial charge in [0, 0.05) is 16.8 Å². The van der Waals surface area contributed by atoms with Gasteiger partial charge in [-0.05, 0) is 49.9 Å². The van der Waals surface area contributed by atoms with Gasteiger partial charge in [0.05, 0.1) is 13.7 Å². The standard InChI is InChI=1S/C18H19N5O3/c1-25-12-8-6-11(7-9-12)17-20-15(26-23-17)10-19-18(24)16-13-4-2-3-5-14(13)21-22-16/h6-9H,2-5,10H2,1H3,(H,19,24)(H,21,22). The monoisotopic (exact) mass is 353 g/mol. The molecular formula is C18H19N5O3. The van der Waals surface area contributed by atoms with E-state index in [9.17, 15) is 4.79 Å². The van der Waals surface area contributed by atoms with Gasteiger partial charge in [0.2, 0.25) is 11.7 Å². The molecule has 2 heterocycles. The zero-order chi connectivity index (χ0) is 17.9. The fourth-order valence-electron chi connectivity index (χ4n) is 3.09. The van der Waals surface area contributed by atoms with E-state index in [2.05, 4.69) is 25.7 Å². The van der Waals surface area contributed by atoms with Gasteiger partial charge in [-0.1, -0.05) is 5.16 Å². The molecule has 3 aromatic rings. The number of amides is 1. The summed E-state index contributed by atoms with van der Waals surface area (Å²) in [6, 6.07) is 7.35. The lowest BCUT2D eigenvalue weighted by Gasteiger charge is -2.10. The molecule has 134 valence electrons. The highest BCUT2D eigenvalue weighted by Gasteiger charge is 2.22. The van der Waals surface area contributed by atoms with Gasteiger partial charge in [-0.3, -0.25) is 9.89 Å². The van der Waals surface area contributed by atoms with E-state index in [4.69, 9.17) is 9.26 Å². The number of rotatable bonds is 5. The van der Waals surface area contributed by atoms with E-state index < -0.39 is 0 Å². The number of benzene rings is 1. The maximum atomic E-state index is 12.4. The molecule has 2 aromatic heterocycles. The van der Waals surface area contributed by atoms with Crippen LogP contribution >= 0.6 is 0 Å². The van der Waals surface area contributed by atoms with Gasteiger partial charge < -0.3 is 14.6 Å². The molecule has 0 unspecified atom stereocenters. The summed E-state index contributed by atoms with van der Waals surface area (Å²) in [7, 11) is 1.61. The number of carbonyl (C=O) groups excluding carboxylic acids is 1. The van der Waals surface area contributed by atoms with Crippen LogP contribution in [-0.2, 0) is 19.4 Å². The average molecular weight is 353 g/mol. The highest BCUT2D eigenvalue weighted by atomic mass is 16.5. The van der Waals surface area contributed by atoms with Crippen molar-refractivity contribution in [1.29, 1.82) is 0 Å². The van der Waals surface area contributed by atoms with Crippen LogP contribution in [0, 0.1) is 0 Å². The lowest BCUT2D eigenvalue weighted by Crippen LogP contribution is -2.24. The Morgan fingerprint density at radius 3 is 2.88 bits per heavy atom. The zero-order valence-corrected chi connectivity index (χ0v) is 14.4. The first kappa shape index (κ1) is 16.3. The number of hydrogen-bond acceptors (Lipinski definition) is 6. The maximum Gasteiger partial charge on any atom is 0.272 e. The van der Waals surface area contributed by atoms with Crippen LogP contribution in [0.5, 0.6) is 5.75 Å². The minimum atomic E-state index is -0.228. The first-order chi connectivity index (χ1) is 12.7. The summed E-state index contributed by atoms with van der Waals surface area (Å²) in [6.45, 7) is 0.156. The van der Waals surface area contributed by atoms with E-state index in [0.29, 0.717) is 17.4 Å². The van der Waals surface area contributed by atoms with E-state index >= 15 is 0 Å². The number of aromatic nitrogens is 4. The van der Waals surface area contributed by atoms with Crippen LogP contribution in [0.3, 0.4) is 0 Å². The van der Waals surface area contributed by atoms with Crippen molar-refractivity contribution in [2.24, 2.45) is 0 Å². The Balaban J connectivity index is 1.41. The van der Waals surface area contributed by atoms with Crippen molar-refractivity contribution in [3.63, 3.8) is 0 Å². The molecule has 8 heteroatoms. The van der Waals surface area contributed by atoms with Gasteiger partial charge in [-0.2, -0.15) is 10.1 Å². The molecule has 8 nitrogen and oxygen atoms in total. The van der Waals surface area contributed by atoms with Crippen molar-refractivity contribution in [3.05, 3.63) is 47.1 Å². The first-order valence-electron chi connectivity index (χ1n) is 8.56. The van der Waals surface area contributed by atoms with E-state index in [1.165, 1.54) is 0 Å². The van der Waals surface area contributed by atoms with Crippen LogP contribution in [-0.4, -0.2) is 33.4 Å². The van der Waals surface area contributed by atoms with Crippen LogP contribution in [0.15, 0.2) is 28.8 Å². The van der Waals surface area contributed by atoms with Crippen LogP contribution in [0.1, 0.15) is 40.5 Å². The third-order valence-electron chi connectivity index (χ3n) is 4.49. The minimum absolute atomic E-state index is 0.156. The number of aromatic amines is 1. The molecule has 1 aliphatic rings. The molecule has 4 rings (SSSR count). The van der Waals surface area contributed by atoms with Crippen molar-refractivity contribution in [1.82, 2.24) is 25.7 Å². The number of carbonyl (C=O) groups is 1. The summed E-state index contributed by atoms with van der Waals surface area (Å²) >= 11 is 0. The summed E-state index contributed by atoms with van der Waals surface area (Å²) in [5.74, 6) is 1.34. The Morgan fingerprint density at radius 2 is 2.08 bits per heavy atom. The minimum Gasteiger partial charge on any atom is -0.497 e. The highest BCUT2D eigenvalue weighted by Crippen LogP contribution is 2.22. The van der Waals surface area contributed by atoms with Gasteiger partial charge in [-0.25, -0.2) is 0 Å². The van der Waals surface area contributed by atoms with Crippen molar-refractivity contribution >= 4 is 5.91 Å². The zero-order valence-electron chi connectivity index (χ0n) is 14.4. The molecule has 0 saturated carbocycles. The van der Waals surface area contributed by atoms with Crippen LogP contribution in [0.4, 0.5) is 0 Å². The SMILES string of the molecule is COc1ccc(-c2noc(CNC(=O)c3n[nH]c4c3CCCC4)n2)cc1. The van der Waals surface area contributed by atoms with E-state index in [1.54, 1.807) is 7.11 Å². The van der Waals surface area contributed by atoms with Crippen LogP contribution in [0.2, 0.25) is 0 Å². The third-order valence-corrected chi connectivity index (χ3v) is 4.49. The molecule has 1 aliphatic carbocycles. The number of ether oxygens (including phenoxy) is 1. The largest absolute Gasteiger partial charge is 0.497 e. The number of H-pyrrole nitrogens is 1. The molecule has 26 heavy (non-hydrogen) atoms. The summed E-state index contributed by atoms with van der Waals surface area (Å²) < 4.78 is 10.4. The van der Waals surface area contributed by atoms with Gasteiger partial charge in [0.1, 0.15) is 5.75 Å². The second kappa shape index (κ2) is 6.99. The summed E-state index contributed by atoms with van der Waals surface area (Å²) in [4.78, 5) is 16.7. The number of hydrogen-bond donors (Lipinski definition) is 2. The molecule has 0 atom stereocenters. The smallest absolute Gasteiger partial charge is 0.272 e. The fourth-order valence-corrected chi connectivity index (χ4v) is 3.09. The highest BCUT2D eigenvalue weighted by molar-refractivity contribution is 5.93. The number of nitrogens with one attached hydrogen (secondary N) is 2. The van der Waals surface area contributed by atoms with E-state index in [0.717, 1.165) is 48.3 Å². The Labute approximate surface area is 150 Å². The van der Waals surface area contributed by atoms with Gasteiger partial charge in [0.25, 0.3) is 5.91 Å². The van der Waals surface area contributed by atoms with Crippen LogP contribution < -0.4 is 10.1 Å². The molecule has 0 bridgehead atoms. The van der Waals surface area contributed by atoms with Crippen molar-refractivity contribution in [3.8, 4) is 17.1 Å². The third kappa shape index (κ3) is 3.17. The van der Waals surface area contributed by atoms with E-state index in [1.807, 2.05) is 24.3 Å². The van der Waals surface area contributed by atoms with Gasteiger partial charge >= 0.3 is 0 Å². The Kier molecular flexibility index (Phi) is 4.39. The first-order valence-corrected chi connectivity index (χ1v) is 8.56. The predicted molar refractivity (Wildman–Crippen MR) is 92.7 cm³/mol. The molecule has 1 amide bonds. The molecular weight excluding hydrogens is 334 g/mol. The molecule has 0 fully saturated rings. The van der Waals surface area contributed by atoms with E-state index in [-0.39, 0.29) is 12.5 Å². The summed E-state index contributed by atoms with van der Waals surface area (Å²) in [6.07, 6.45) is 4.05. The van der Waals surface area contributed by atoms with Crippen molar-refractivity contribution < 1.29 is 14.1 Å². The molecule has 1 aromatic carbocycles. The number of methoxy groups -OCH3 is 1. The van der Waals surface area contributed by atoms with Gasteiger partial charge in [-0.15, -0.1) is 0 Å². The molecule has 0 radical (unpaired) electrons. The molecule has 0 saturated heterocycles. The van der Waals surface area contributed by atoms with Crippen molar-refractivity contribution in [2.75, 3.05) is 7.11 Å². The Hall–Kier alpha value is -3.16. The number of aryl methyl sites for hydroxylation is 1. The summed E-state index contributed by atoms with van der Waals surface area (Å²) in [5, 5.41) is 13.9. The lowest BCUT2D eigenvalue weighted by atomic mass is 9.96. The van der Waals surface area contributed by atoms with Crippen molar-refractivity contribution in [2.45, 2.75) is 32.2 Å². The second-order valence-electron chi connectivity index (χ2n) is 6.16. The lowest BCUT2D eigenvalue weighted by molar-refractivity contribution is 0.0940. The Morgan fingerprint density at radius 1 is 1.27 bits per heavy atom. The normalized spacial score (nSPS) is 13.3.